The molecule has 0 aromatic heterocycles. The first-order valence-corrected chi connectivity index (χ1v) is 6.07. The van der Waals surface area contributed by atoms with Crippen molar-refractivity contribution in [3.05, 3.63) is 48.5 Å². The van der Waals surface area contributed by atoms with Crippen molar-refractivity contribution in [2.45, 2.75) is 0 Å². The van der Waals surface area contributed by atoms with Gasteiger partial charge in [-0.15, -0.1) is 0 Å². The Hall–Kier alpha value is -2.27. The van der Waals surface area contributed by atoms with E-state index in [1.165, 1.54) is 0 Å². The van der Waals surface area contributed by atoms with Gasteiger partial charge in [0.15, 0.2) is 5.11 Å². The molecule has 0 spiro atoms. The summed E-state index contributed by atoms with van der Waals surface area (Å²) < 4.78 is 10.9. The summed E-state index contributed by atoms with van der Waals surface area (Å²) in [6, 6.07) is 14.9. The lowest BCUT2D eigenvalue weighted by atomic mass is 10.2. The minimum Gasteiger partial charge on any atom is -0.495 e. The fourth-order valence-electron chi connectivity index (χ4n) is 1.61. The number of hydrogen-bond donors (Lipinski definition) is 2. The highest BCUT2D eigenvalue weighted by atomic mass is 32.1. The zero-order valence-corrected chi connectivity index (χ0v) is 11.2. The van der Waals surface area contributed by atoms with E-state index < -0.39 is 0 Å². The van der Waals surface area contributed by atoms with Crippen LogP contribution in [0.4, 0.5) is 5.69 Å². The highest BCUT2D eigenvalue weighted by Crippen LogP contribution is 2.31. The fourth-order valence-corrected chi connectivity index (χ4v) is 1.72. The van der Waals surface area contributed by atoms with Gasteiger partial charge < -0.3 is 20.5 Å². The number of anilines is 1. The van der Waals surface area contributed by atoms with Crippen LogP contribution in [-0.2, 0) is 0 Å². The van der Waals surface area contributed by atoms with Gasteiger partial charge in [0.25, 0.3) is 0 Å². The molecule has 19 heavy (non-hydrogen) atoms. The maximum Gasteiger partial charge on any atom is 0.168 e. The first-order chi connectivity index (χ1) is 9.19. The second-order valence-electron chi connectivity index (χ2n) is 3.77. The van der Waals surface area contributed by atoms with E-state index in [1.807, 2.05) is 36.4 Å². The normalized spacial score (nSPS) is 9.74. The third kappa shape index (κ3) is 3.59. The molecule has 3 N–H and O–H groups in total. The highest BCUT2D eigenvalue weighted by Gasteiger charge is 2.06. The molecule has 0 saturated heterocycles. The predicted octanol–water partition coefficient (Wildman–Crippen LogP) is 3.14. The smallest absolute Gasteiger partial charge is 0.168 e. The number of thiocarbonyl (C=S) groups is 1. The van der Waals surface area contributed by atoms with Gasteiger partial charge in [-0.05, 0) is 36.5 Å². The highest BCUT2D eigenvalue weighted by molar-refractivity contribution is 7.80. The van der Waals surface area contributed by atoms with Crippen LogP contribution in [0.2, 0.25) is 0 Å². The summed E-state index contributed by atoms with van der Waals surface area (Å²) in [6.45, 7) is 0. The third-order valence-electron chi connectivity index (χ3n) is 2.41. The van der Waals surface area contributed by atoms with Crippen LogP contribution in [0.5, 0.6) is 17.2 Å². The lowest BCUT2D eigenvalue weighted by molar-refractivity contribution is 0.415. The molecule has 2 rings (SSSR count). The number of rotatable bonds is 4. The quantitative estimate of drug-likeness (QED) is 0.839. The van der Waals surface area contributed by atoms with Crippen molar-refractivity contribution in [3.8, 4) is 17.2 Å². The number of methoxy groups -OCH3 is 1. The second-order valence-corrected chi connectivity index (χ2v) is 4.21. The van der Waals surface area contributed by atoms with Gasteiger partial charge in [-0.25, -0.2) is 0 Å². The third-order valence-corrected chi connectivity index (χ3v) is 2.51. The second kappa shape index (κ2) is 6.06. The van der Waals surface area contributed by atoms with Crippen LogP contribution in [0.3, 0.4) is 0 Å². The number of benzene rings is 2. The minimum absolute atomic E-state index is 0.176. The molecule has 0 saturated carbocycles. The van der Waals surface area contributed by atoms with Gasteiger partial charge in [0.05, 0.1) is 12.8 Å². The number of para-hydroxylation sites is 1. The summed E-state index contributed by atoms with van der Waals surface area (Å²) in [7, 11) is 1.58. The number of ether oxygens (including phenoxy) is 2. The lowest BCUT2D eigenvalue weighted by Crippen LogP contribution is -2.19. The van der Waals surface area contributed by atoms with Crippen LogP contribution >= 0.6 is 12.2 Å². The summed E-state index contributed by atoms with van der Waals surface area (Å²) >= 11 is 4.83. The van der Waals surface area contributed by atoms with Crippen LogP contribution in [0, 0.1) is 0 Å². The van der Waals surface area contributed by atoms with Crippen LogP contribution in [0.25, 0.3) is 0 Å². The summed E-state index contributed by atoms with van der Waals surface area (Å²) in [5, 5.41) is 3.03. The molecular formula is C14H14N2O2S. The summed E-state index contributed by atoms with van der Waals surface area (Å²) in [6.07, 6.45) is 0. The molecule has 0 bridgehead atoms. The lowest BCUT2D eigenvalue weighted by Gasteiger charge is -2.12. The zero-order chi connectivity index (χ0) is 13.7. The maximum absolute atomic E-state index is 5.72. The van der Waals surface area contributed by atoms with Gasteiger partial charge in [0.1, 0.15) is 17.2 Å². The predicted molar refractivity (Wildman–Crippen MR) is 79.9 cm³/mol. The first-order valence-electron chi connectivity index (χ1n) is 5.66. The molecule has 0 unspecified atom stereocenters. The van der Waals surface area contributed by atoms with E-state index in [9.17, 15) is 0 Å². The van der Waals surface area contributed by atoms with E-state index in [0.717, 1.165) is 5.75 Å². The standard InChI is InChI=1S/C14H14N2O2S/c1-17-13-8-7-11(9-12(13)16-14(15)19)18-10-5-3-2-4-6-10/h2-9H,1H3,(H3,15,16,19). The fraction of sp³-hybridized carbons (Fsp3) is 0.0714. The molecule has 0 aliphatic rings. The van der Waals surface area contributed by atoms with Gasteiger partial charge in [-0.2, -0.15) is 0 Å². The van der Waals surface area contributed by atoms with Gasteiger partial charge in [-0.3, -0.25) is 0 Å². The average Bonchev–Trinajstić information content (AvgIpc) is 2.39. The molecule has 0 radical (unpaired) electrons. The van der Waals surface area contributed by atoms with Crippen molar-refractivity contribution in [1.29, 1.82) is 0 Å². The van der Waals surface area contributed by atoms with Crippen molar-refractivity contribution in [2.24, 2.45) is 5.73 Å². The number of hydrogen-bond acceptors (Lipinski definition) is 3. The Labute approximate surface area is 117 Å². The van der Waals surface area contributed by atoms with Gasteiger partial charge in [0, 0.05) is 6.07 Å². The van der Waals surface area contributed by atoms with E-state index >= 15 is 0 Å². The first kappa shape index (κ1) is 13.2. The molecule has 98 valence electrons. The molecule has 0 fully saturated rings. The Morgan fingerprint density at radius 2 is 1.84 bits per heavy atom. The Kier molecular flexibility index (Phi) is 4.20. The van der Waals surface area contributed by atoms with E-state index in [2.05, 4.69) is 5.32 Å². The Morgan fingerprint density at radius 1 is 1.11 bits per heavy atom. The zero-order valence-electron chi connectivity index (χ0n) is 10.4. The van der Waals surface area contributed by atoms with Gasteiger partial charge >= 0.3 is 0 Å². The Balaban J connectivity index is 2.25. The molecule has 0 heterocycles. The minimum atomic E-state index is 0.176. The topological polar surface area (TPSA) is 56.5 Å². The van der Waals surface area contributed by atoms with Gasteiger partial charge in [0.2, 0.25) is 0 Å². The van der Waals surface area contributed by atoms with Crippen molar-refractivity contribution in [1.82, 2.24) is 0 Å². The van der Waals surface area contributed by atoms with Crippen molar-refractivity contribution in [3.63, 3.8) is 0 Å². The van der Waals surface area contributed by atoms with E-state index in [0.29, 0.717) is 17.2 Å². The van der Waals surface area contributed by atoms with E-state index in [1.54, 1.807) is 19.2 Å². The van der Waals surface area contributed by atoms with Crippen LogP contribution in [0.15, 0.2) is 48.5 Å². The molecule has 0 amide bonds. The molecule has 0 aliphatic carbocycles. The summed E-state index contributed by atoms with van der Waals surface area (Å²) in [5.41, 5.74) is 6.14. The molecule has 4 nitrogen and oxygen atoms in total. The Morgan fingerprint density at radius 3 is 2.47 bits per heavy atom. The van der Waals surface area contributed by atoms with E-state index in [-0.39, 0.29) is 5.11 Å². The molecule has 0 atom stereocenters. The van der Waals surface area contributed by atoms with Crippen LogP contribution in [-0.4, -0.2) is 12.2 Å². The molecular weight excluding hydrogens is 260 g/mol. The monoisotopic (exact) mass is 274 g/mol. The molecule has 0 aliphatic heterocycles. The summed E-state index contributed by atoms with van der Waals surface area (Å²) in [4.78, 5) is 0. The molecule has 2 aromatic carbocycles. The Bertz CT molecular complexity index is 573. The van der Waals surface area contributed by atoms with Crippen LogP contribution in [0.1, 0.15) is 0 Å². The van der Waals surface area contributed by atoms with Crippen molar-refractivity contribution in [2.75, 3.05) is 12.4 Å². The largest absolute Gasteiger partial charge is 0.495 e. The number of nitrogens with two attached hydrogens (primary N) is 1. The molecule has 2 aromatic rings. The van der Waals surface area contributed by atoms with Crippen molar-refractivity contribution < 1.29 is 9.47 Å². The maximum atomic E-state index is 5.72. The SMILES string of the molecule is COc1ccc(Oc2ccccc2)cc1NC(N)=S. The van der Waals surface area contributed by atoms with Crippen molar-refractivity contribution >= 4 is 23.0 Å². The summed E-state index contributed by atoms with van der Waals surface area (Å²) in [5.74, 6) is 2.08. The average molecular weight is 274 g/mol. The van der Waals surface area contributed by atoms with Gasteiger partial charge in [-0.1, -0.05) is 18.2 Å². The van der Waals surface area contributed by atoms with E-state index in [4.69, 9.17) is 27.4 Å². The van der Waals surface area contributed by atoms with Crippen LogP contribution < -0.4 is 20.5 Å². The molecule has 5 heteroatoms. The number of nitrogens with one attached hydrogen (secondary N) is 1.